The first-order chi connectivity index (χ1) is 10.2. The number of aldehydes is 1. The van der Waals surface area contributed by atoms with Crippen molar-refractivity contribution in [3.8, 4) is 11.6 Å². The van der Waals surface area contributed by atoms with Gasteiger partial charge in [0, 0.05) is 11.9 Å². The second-order valence-electron chi connectivity index (χ2n) is 4.70. The molecule has 0 fully saturated rings. The van der Waals surface area contributed by atoms with Crippen LogP contribution in [0.15, 0.2) is 36.5 Å². The number of aromatic nitrogens is 3. The lowest BCUT2D eigenvalue weighted by atomic mass is 10.2. The zero-order valence-corrected chi connectivity index (χ0v) is 11.9. The van der Waals surface area contributed by atoms with Gasteiger partial charge in [0.2, 0.25) is 5.88 Å². The quantitative estimate of drug-likeness (QED) is 0.689. The molecule has 5 heteroatoms. The third kappa shape index (κ3) is 2.38. The molecule has 0 aliphatic carbocycles. The van der Waals surface area contributed by atoms with Crippen molar-refractivity contribution in [1.29, 1.82) is 0 Å². The van der Waals surface area contributed by atoms with Crippen LogP contribution in [-0.4, -0.2) is 20.7 Å². The Morgan fingerprint density at radius 2 is 2.10 bits per heavy atom. The Morgan fingerprint density at radius 1 is 1.24 bits per heavy atom. The topological polar surface area (TPSA) is 56.5 Å². The molecule has 0 amide bonds. The van der Waals surface area contributed by atoms with Crippen molar-refractivity contribution in [2.45, 2.75) is 20.3 Å². The maximum atomic E-state index is 11.3. The molecule has 106 valence electrons. The lowest BCUT2D eigenvalue weighted by molar-refractivity contribution is 0.111. The molecule has 0 spiro atoms. The van der Waals surface area contributed by atoms with Crippen LogP contribution in [0.1, 0.15) is 28.8 Å². The van der Waals surface area contributed by atoms with Gasteiger partial charge >= 0.3 is 0 Å². The molecular weight excluding hydrogens is 266 g/mol. The Bertz CT molecular complexity index is 808. The number of hydrogen-bond donors (Lipinski definition) is 0. The van der Waals surface area contributed by atoms with Gasteiger partial charge in [-0.2, -0.15) is 4.98 Å². The summed E-state index contributed by atoms with van der Waals surface area (Å²) >= 11 is 0. The number of ether oxygens (including phenoxy) is 1. The van der Waals surface area contributed by atoms with Crippen LogP contribution < -0.4 is 4.74 Å². The predicted molar refractivity (Wildman–Crippen MR) is 79.0 cm³/mol. The van der Waals surface area contributed by atoms with Gasteiger partial charge in [0.05, 0.1) is 5.69 Å². The minimum Gasteiger partial charge on any atom is -0.435 e. The molecule has 0 saturated heterocycles. The summed E-state index contributed by atoms with van der Waals surface area (Å²) in [6.07, 6.45) is 3.29. The number of aryl methyl sites for hydroxylation is 2. The molecule has 0 aliphatic rings. The molecule has 5 nitrogen and oxygen atoms in total. The number of pyridine rings is 2. The lowest BCUT2D eigenvalue weighted by Crippen LogP contribution is -1.98. The van der Waals surface area contributed by atoms with Gasteiger partial charge in [0.15, 0.2) is 17.7 Å². The number of hydrogen-bond acceptors (Lipinski definition) is 4. The summed E-state index contributed by atoms with van der Waals surface area (Å²) in [6, 6.07) is 9.28. The molecule has 0 atom stereocenters. The van der Waals surface area contributed by atoms with Gasteiger partial charge in [-0.15, -0.1) is 0 Å². The number of fused-ring (bicyclic) bond motifs is 1. The molecule has 0 bridgehead atoms. The van der Waals surface area contributed by atoms with E-state index in [1.807, 2.05) is 44.2 Å². The molecule has 0 unspecified atom stereocenters. The summed E-state index contributed by atoms with van der Waals surface area (Å²) < 4.78 is 7.54. The minimum atomic E-state index is 0.302. The minimum absolute atomic E-state index is 0.302. The van der Waals surface area contributed by atoms with Gasteiger partial charge in [-0.3, -0.25) is 14.2 Å². The summed E-state index contributed by atoms with van der Waals surface area (Å²) in [5, 5.41) is 0. The molecule has 3 aromatic heterocycles. The Kier molecular flexibility index (Phi) is 3.39. The average Bonchev–Trinajstić information content (AvgIpc) is 2.86. The maximum absolute atomic E-state index is 11.3. The van der Waals surface area contributed by atoms with E-state index < -0.39 is 0 Å². The van der Waals surface area contributed by atoms with Gasteiger partial charge in [-0.1, -0.05) is 13.0 Å². The highest BCUT2D eigenvalue weighted by Gasteiger charge is 2.15. The second kappa shape index (κ2) is 5.36. The van der Waals surface area contributed by atoms with Gasteiger partial charge < -0.3 is 4.74 Å². The molecule has 3 rings (SSSR count). The zero-order chi connectivity index (χ0) is 14.8. The van der Waals surface area contributed by atoms with Crippen molar-refractivity contribution in [2.24, 2.45) is 0 Å². The maximum Gasteiger partial charge on any atom is 0.249 e. The third-order valence-electron chi connectivity index (χ3n) is 3.26. The van der Waals surface area contributed by atoms with E-state index in [2.05, 4.69) is 9.97 Å². The molecule has 3 heterocycles. The van der Waals surface area contributed by atoms with Crippen LogP contribution >= 0.6 is 0 Å². The molecule has 0 aromatic carbocycles. The zero-order valence-electron chi connectivity index (χ0n) is 11.9. The van der Waals surface area contributed by atoms with Crippen molar-refractivity contribution < 1.29 is 9.53 Å². The van der Waals surface area contributed by atoms with E-state index in [0.717, 1.165) is 24.1 Å². The summed E-state index contributed by atoms with van der Waals surface area (Å²) in [4.78, 5) is 20.2. The molecule has 21 heavy (non-hydrogen) atoms. The number of carbonyl (C=O) groups is 1. The Labute approximate surface area is 122 Å². The van der Waals surface area contributed by atoms with Gasteiger partial charge in [0.1, 0.15) is 5.65 Å². The number of nitrogens with zero attached hydrogens (tertiary/aromatic N) is 3. The lowest BCUT2D eigenvalue weighted by Gasteiger charge is -2.08. The summed E-state index contributed by atoms with van der Waals surface area (Å²) in [5.41, 5.74) is 2.86. The van der Waals surface area contributed by atoms with E-state index in [0.29, 0.717) is 23.0 Å². The first-order valence-electron chi connectivity index (χ1n) is 6.79. The van der Waals surface area contributed by atoms with Crippen molar-refractivity contribution in [3.05, 3.63) is 53.6 Å². The summed E-state index contributed by atoms with van der Waals surface area (Å²) in [7, 11) is 0. The van der Waals surface area contributed by atoms with Crippen LogP contribution in [0, 0.1) is 6.92 Å². The van der Waals surface area contributed by atoms with Crippen LogP contribution in [0.4, 0.5) is 0 Å². The fourth-order valence-electron chi connectivity index (χ4n) is 2.22. The fraction of sp³-hybridized carbons (Fsp3) is 0.188. The molecule has 0 aliphatic heterocycles. The Morgan fingerprint density at radius 3 is 2.86 bits per heavy atom. The van der Waals surface area contributed by atoms with Crippen LogP contribution in [0.3, 0.4) is 0 Å². The number of rotatable bonds is 4. The van der Waals surface area contributed by atoms with Crippen LogP contribution in [-0.2, 0) is 6.42 Å². The second-order valence-corrected chi connectivity index (χ2v) is 4.70. The smallest absolute Gasteiger partial charge is 0.249 e. The van der Waals surface area contributed by atoms with Crippen LogP contribution in [0.5, 0.6) is 11.6 Å². The molecule has 0 radical (unpaired) electrons. The first-order valence-corrected chi connectivity index (χ1v) is 6.79. The number of imidazole rings is 1. The number of carbonyl (C=O) groups excluding carboxylic acids is 1. The summed E-state index contributed by atoms with van der Waals surface area (Å²) in [6.45, 7) is 3.95. The van der Waals surface area contributed by atoms with Crippen molar-refractivity contribution in [1.82, 2.24) is 14.4 Å². The highest BCUT2D eigenvalue weighted by atomic mass is 16.5. The van der Waals surface area contributed by atoms with E-state index in [1.54, 1.807) is 10.6 Å². The highest BCUT2D eigenvalue weighted by Crippen LogP contribution is 2.27. The van der Waals surface area contributed by atoms with Gasteiger partial charge in [-0.25, -0.2) is 0 Å². The van der Waals surface area contributed by atoms with E-state index in [1.165, 1.54) is 0 Å². The van der Waals surface area contributed by atoms with Crippen molar-refractivity contribution >= 4 is 11.9 Å². The van der Waals surface area contributed by atoms with Crippen molar-refractivity contribution in [3.63, 3.8) is 0 Å². The van der Waals surface area contributed by atoms with Crippen LogP contribution in [0.2, 0.25) is 0 Å². The third-order valence-corrected chi connectivity index (χ3v) is 3.26. The summed E-state index contributed by atoms with van der Waals surface area (Å²) in [5.74, 6) is 0.936. The predicted octanol–water partition coefficient (Wildman–Crippen LogP) is 3.20. The SMILES string of the molecule is CCc1nc(C)ccc1Oc1nc2ccccn2c1C=O. The monoisotopic (exact) mass is 281 g/mol. The molecule has 0 N–H and O–H groups in total. The van der Waals surface area contributed by atoms with E-state index in [9.17, 15) is 4.79 Å². The average molecular weight is 281 g/mol. The van der Waals surface area contributed by atoms with Gasteiger partial charge in [0.25, 0.3) is 0 Å². The fourth-order valence-corrected chi connectivity index (χ4v) is 2.22. The highest BCUT2D eigenvalue weighted by molar-refractivity contribution is 5.78. The van der Waals surface area contributed by atoms with E-state index >= 15 is 0 Å². The Balaban J connectivity index is 2.08. The molecule has 3 aromatic rings. The molecular formula is C16H15N3O2. The van der Waals surface area contributed by atoms with E-state index in [-0.39, 0.29) is 0 Å². The largest absolute Gasteiger partial charge is 0.435 e. The Hall–Kier alpha value is -2.69. The van der Waals surface area contributed by atoms with Gasteiger partial charge in [-0.05, 0) is 37.6 Å². The standard InChI is InChI=1S/C16H15N3O2/c1-3-12-14(8-7-11(2)17-12)21-16-13(10-20)19-9-5-4-6-15(19)18-16/h4-10H,3H2,1-2H3. The normalized spacial score (nSPS) is 10.8. The van der Waals surface area contributed by atoms with E-state index in [4.69, 9.17) is 4.74 Å². The van der Waals surface area contributed by atoms with Crippen molar-refractivity contribution in [2.75, 3.05) is 0 Å². The van der Waals surface area contributed by atoms with Crippen LogP contribution in [0.25, 0.3) is 5.65 Å². The first kappa shape index (κ1) is 13.3. The molecule has 0 saturated carbocycles.